The predicted molar refractivity (Wildman–Crippen MR) is 170 cm³/mol. The first-order valence-corrected chi connectivity index (χ1v) is 16.6. The molecule has 2 aromatic rings. The molecular formula is C36H59O4. The van der Waals surface area contributed by atoms with Gasteiger partial charge in [-0.25, -0.2) is 0 Å². The van der Waals surface area contributed by atoms with Gasteiger partial charge >= 0.3 is 0 Å². The second-order valence-corrected chi connectivity index (χ2v) is 11.0. The van der Waals surface area contributed by atoms with Gasteiger partial charge in [-0.05, 0) is 24.3 Å². The zero-order chi connectivity index (χ0) is 28.2. The van der Waals surface area contributed by atoms with E-state index in [-0.39, 0.29) is 0 Å². The number of rotatable bonds is 29. The van der Waals surface area contributed by atoms with Crippen molar-refractivity contribution in [2.45, 2.75) is 116 Å². The molecule has 0 aliphatic rings. The van der Waals surface area contributed by atoms with Crippen LogP contribution in [0.1, 0.15) is 116 Å². The minimum Gasteiger partial charge on any atom is -0.491 e. The van der Waals surface area contributed by atoms with Gasteiger partial charge in [0.1, 0.15) is 12.4 Å². The first-order valence-electron chi connectivity index (χ1n) is 16.6. The Morgan fingerprint density at radius 3 is 1.62 bits per heavy atom. The van der Waals surface area contributed by atoms with Crippen LogP contribution in [-0.2, 0) is 14.2 Å². The molecule has 0 atom stereocenters. The summed E-state index contributed by atoms with van der Waals surface area (Å²) in [6, 6.07) is 14.4. The molecule has 1 radical (unpaired) electrons. The fourth-order valence-electron chi connectivity index (χ4n) is 5.06. The van der Waals surface area contributed by atoms with Crippen LogP contribution >= 0.6 is 0 Å². The molecule has 227 valence electrons. The first kappa shape index (κ1) is 34.6. The van der Waals surface area contributed by atoms with Crippen LogP contribution in [0.4, 0.5) is 0 Å². The van der Waals surface area contributed by atoms with E-state index in [0.717, 1.165) is 24.2 Å². The van der Waals surface area contributed by atoms with Gasteiger partial charge in [-0.1, -0.05) is 146 Å². The van der Waals surface area contributed by atoms with Crippen molar-refractivity contribution in [1.82, 2.24) is 0 Å². The number of ether oxygens (including phenoxy) is 4. The average molecular weight is 556 g/mol. The molecule has 4 nitrogen and oxygen atoms in total. The number of unbranched alkanes of at least 4 members (excludes halogenated alkanes) is 17. The van der Waals surface area contributed by atoms with Crippen molar-refractivity contribution in [1.29, 1.82) is 0 Å². The fourth-order valence-corrected chi connectivity index (χ4v) is 5.06. The van der Waals surface area contributed by atoms with Crippen molar-refractivity contribution in [3.63, 3.8) is 0 Å². The summed E-state index contributed by atoms with van der Waals surface area (Å²) in [5.74, 6) is 0.904. The molecule has 40 heavy (non-hydrogen) atoms. The van der Waals surface area contributed by atoms with Gasteiger partial charge in [0.2, 0.25) is 0 Å². The molecule has 0 aliphatic heterocycles. The quantitative estimate of drug-likeness (QED) is 0.0936. The Morgan fingerprint density at radius 2 is 1.00 bits per heavy atom. The van der Waals surface area contributed by atoms with Gasteiger partial charge in [-0.2, -0.15) is 0 Å². The first-order chi connectivity index (χ1) is 19.9. The van der Waals surface area contributed by atoms with Crippen molar-refractivity contribution in [3.05, 3.63) is 48.9 Å². The van der Waals surface area contributed by atoms with E-state index in [2.05, 4.69) is 31.5 Å². The Bertz CT molecular complexity index is 803. The van der Waals surface area contributed by atoms with Gasteiger partial charge in [-0.15, -0.1) is 0 Å². The topological polar surface area (TPSA) is 36.9 Å². The lowest BCUT2D eigenvalue weighted by Gasteiger charge is -2.10. The van der Waals surface area contributed by atoms with Crippen LogP contribution in [0.5, 0.6) is 5.75 Å². The normalized spacial score (nSPS) is 11.4. The second-order valence-electron chi connectivity index (χ2n) is 11.0. The standard InChI is InChI=1S/C36H59O4/c1-2-3-4-5-6-7-8-9-10-11-12-13-14-15-16-17-18-21-27-37-28-29-38-30-31-39-32-33-40-36-26-22-24-34-23-19-20-25-35(34)36/h19-26H,2-18,27-33H2,1H3. The van der Waals surface area contributed by atoms with Gasteiger partial charge in [0, 0.05) is 12.0 Å². The third kappa shape index (κ3) is 18.7. The fraction of sp³-hybridized carbons (Fsp3) is 0.694. The molecule has 0 bridgehead atoms. The minimum absolute atomic E-state index is 0.534. The van der Waals surface area contributed by atoms with Crippen LogP contribution < -0.4 is 4.74 Å². The summed E-state index contributed by atoms with van der Waals surface area (Å²) in [7, 11) is 0. The Balaban J connectivity index is 1.21. The molecule has 4 heteroatoms. The highest BCUT2D eigenvalue weighted by molar-refractivity contribution is 5.88. The number of hydrogen-bond donors (Lipinski definition) is 0. The monoisotopic (exact) mass is 555 g/mol. The second kappa shape index (κ2) is 26.3. The maximum atomic E-state index is 5.89. The van der Waals surface area contributed by atoms with E-state index in [1.54, 1.807) is 0 Å². The summed E-state index contributed by atoms with van der Waals surface area (Å²) in [4.78, 5) is 0. The molecule has 0 saturated heterocycles. The Kier molecular flexibility index (Phi) is 22.7. The Morgan fingerprint density at radius 1 is 0.500 bits per heavy atom. The third-order valence-corrected chi connectivity index (χ3v) is 7.48. The van der Waals surface area contributed by atoms with Crippen LogP contribution in [0.15, 0.2) is 42.5 Å². The highest BCUT2D eigenvalue weighted by Gasteiger charge is 2.01. The largest absolute Gasteiger partial charge is 0.491 e. The van der Waals surface area contributed by atoms with Gasteiger partial charge in [-0.3, -0.25) is 0 Å². The van der Waals surface area contributed by atoms with Crippen LogP contribution in [-0.4, -0.2) is 46.2 Å². The summed E-state index contributed by atoms with van der Waals surface area (Å²) >= 11 is 0. The predicted octanol–water partition coefficient (Wildman–Crippen LogP) is 10.1. The summed E-state index contributed by atoms with van der Waals surface area (Å²) in [5, 5.41) is 2.32. The minimum atomic E-state index is 0.534. The van der Waals surface area contributed by atoms with E-state index in [9.17, 15) is 0 Å². The lowest BCUT2D eigenvalue weighted by Crippen LogP contribution is -2.13. The molecule has 0 heterocycles. The summed E-state index contributed by atoms with van der Waals surface area (Å²) in [6.45, 7) is 6.52. The SMILES string of the molecule is CCCCCCCCCCCCCCCCCC[CH]COCCOCCOCCOc1cccc2ccccc12. The van der Waals surface area contributed by atoms with Crippen LogP contribution in [0.3, 0.4) is 0 Å². The van der Waals surface area contributed by atoms with Crippen molar-refractivity contribution in [2.75, 3.05) is 46.2 Å². The molecule has 0 unspecified atom stereocenters. The molecule has 2 aromatic carbocycles. The van der Waals surface area contributed by atoms with E-state index < -0.39 is 0 Å². The summed E-state index contributed by atoms with van der Waals surface area (Å²) in [5.41, 5.74) is 0. The van der Waals surface area contributed by atoms with E-state index in [0.29, 0.717) is 39.6 Å². The smallest absolute Gasteiger partial charge is 0.127 e. The van der Waals surface area contributed by atoms with Crippen molar-refractivity contribution in [3.8, 4) is 5.75 Å². The van der Waals surface area contributed by atoms with Crippen molar-refractivity contribution < 1.29 is 18.9 Å². The zero-order valence-electron chi connectivity index (χ0n) is 25.7. The van der Waals surface area contributed by atoms with E-state index in [1.807, 2.05) is 24.3 Å². The Labute approximate surface area is 246 Å². The number of hydrogen-bond acceptors (Lipinski definition) is 4. The molecule has 0 spiro atoms. The molecule has 0 N–H and O–H groups in total. The maximum absolute atomic E-state index is 5.89. The molecular weight excluding hydrogens is 496 g/mol. The molecule has 0 aliphatic carbocycles. The molecule has 0 saturated carbocycles. The van der Waals surface area contributed by atoms with Crippen molar-refractivity contribution >= 4 is 10.8 Å². The van der Waals surface area contributed by atoms with E-state index in [4.69, 9.17) is 18.9 Å². The highest BCUT2D eigenvalue weighted by Crippen LogP contribution is 2.25. The lowest BCUT2D eigenvalue weighted by atomic mass is 10.0. The van der Waals surface area contributed by atoms with Gasteiger partial charge < -0.3 is 18.9 Å². The third-order valence-electron chi connectivity index (χ3n) is 7.48. The van der Waals surface area contributed by atoms with Crippen LogP contribution in [0, 0.1) is 6.42 Å². The zero-order valence-corrected chi connectivity index (χ0v) is 25.7. The molecule has 0 amide bonds. The highest BCUT2D eigenvalue weighted by atomic mass is 16.6. The summed E-state index contributed by atoms with van der Waals surface area (Å²) in [6.07, 6.45) is 26.1. The summed E-state index contributed by atoms with van der Waals surface area (Å²) < 4.78 is 22.7. The molecule has 0 fully saturated rings. The van der Waals surface area contributed by atoms with E-state index >= 15 is 0 Å². The molecule has 2 rings (SSSR count). The average Bonchev–Trinajstić information content (AvgIpc) is 2.98. The van der Waals surface area contributed by atoms with Gasteiger partial charge in [0.25, 0.3) is 0 Å². The van der Waals surface area contributed by atoms with Crippen molar-refractivity contribution in [2.24, 2.45) is 0 Å². The Hall–Kier alpha value is -1.62. The number of fused-ring (bicyclic) bond motifs is 1. The van der Waals surface area contributed by atoms with Crippen LogP contribution in [0.25, 0.3) is 10.8 Å². The van der Waals surface area contributed by atoms with Gasteiger partial charge in [0.05, 0.1) is 33.0 Å². The maximum Gasteiger partial charge on any atom is 0.127 e. The molecule has 0 aromatic heterocycles. The van der Waals surface area contributed by atoms with E-state index in [1.165, 1.54) is 108 Å². The van der Waals surface area contributed by atoms with Crippen LogP contribution in [0.2, 0.25) is 0 Å². The number of benzene rings is 2. The lowest BCUT2D eigenvalue weighted by molar-refractivity contribution is 0.0122. The van der Waals surface area contributed by atoms with Gasteiger partial charge in [0.15, 0.2) is 0 Å².